The van der Waals surface area contributed by atoms with Gasteiger partial charge in [0.1, 0.15) is 0 Å². The molecule has 19 heavy (non-hydrogen) atoms. The first kappa shape index (κ1) is 13.7. The smallest absolute Gasteiger partial charge is 0.0285 e. The molecule has 0 heterocycles. The number of nitrogens with two attached hydrogens (primary N) is 1. The van der Waals surface area contributed by atoms with Crippen LogP contribution >= 0.6 is 0 Å². The number of rotatable bonds is 0. The van der Waals surface area contributed by atoms with Crippen LogP contribution in [0.1, 0.15) is 72.1 Å². The highest BCUT2D eigenvalue weighted by molar-refractivity contribution is 5.24. The summed E-state index contributed by atoms with van der Waals surface area (Å²) in [6.07, 6.45) is 11.1. The number of hydrogen-bond donors (Lipinski definition) is 1. The van der Waals surface area contributed by atoms with Crippen molar-refractivity contribution in [2.75, 3.05) is 0 Å². The van der Waals surface area contributed by atoms with Crippen molar-refractivity contribution in [1.29, 1.82) is 0 Å². The van der Waals surface area contributed by atoms with E-state index in [1.807, 2.05) is 0 Å². The fourth-order valence-corrected chi connectivity index (χ4v) is 5.43. The maximum absolute atomic E-state index is 6.60. The summed E-state index contributed by atoms with van der Waals surface area (Å²) in [4.78, 5) is 0. The first-order chi connectivity index (χ1) is 9.01. The maximum atomic E-state index is 6.60. The largest absolute Gasteiger partial charge is 0.324 e. The first-order valence-electron chi connectivity index (χ1n) is 8.45. The van der Waals surface area contributed by atoms with Crippen molar-refractivity contribution in [3.05, 3.63) is 11.1 Å². The predicted octanol–water partition coefficient (Wildman–Crippen LogP) is 4.67. The molecule has 1 nitrogen and oxygen atoms in total. The normalized spacial score (nSPS) is 47.4. The average Bonchev–Trinajstić information content (AvgIpc) is 2.35. The molecule has 2 bridgehead atoms. The molecule has 0 saturated heterocycles. The van der Waals surface area contributed by atoms with Crippen molar-refractivity contribution >= 4 is 0 Å². The van der Waals surface area contributed by atoms with Crippen molar-refractivity contribution in [2.24, 2.45) is 28.9 Å². The average molecular weight is 261 g/mol. The molecule has 3 aliphatic rings. The molecule has 1 heteroatoms. The van der Waals surface area contributed by atoms with Gasteiger partial charge in [0.15, 0.2) is 0 Å². The van der Waals surface area contributed by atoms with E-state index in [9.17, 15) is 0 Å². The van der Waals surface area contributed by atoms with E-state index in [-0.39, 0.29) is 0 Å². The van der Waals surface area contributed by atoms with E-state index in [4.69, 9.17) is 5.73 Å². The lowest BCUT2D eigenvalue weighted by Gasteiger charge is -2.50. The van der Waals surface area contributed by atoms with Crippen LogP contribution in [0.4, 0.5) is 0 Å². The van der Waals surface area contributed by atoms with Crippen LogP contribution in [0.5, 0.6) is 0 Å². The van der Waals surface area contributed by atoms with E-state index >= 15 is 0 Å². The Labute approximate surface area is 119 Å². The minimum atomic E-state index is 0.382. The molecule has 2 saturated carbocycles. The summed E-state index contributed by atoms with van der Waals surface area (Å²) in [6.45, 7) is 7.41. The van der Waals surface area contributed by atoms with Crippen LogP contribution in [0.2, 0.25) is 0 Å². The molecule has 0 aliphatic heterocycles. The molecule has 0 aromatic carbocycles. The van der Waals surface area contributed by atoms with E-state index in [1.165, 1.54) is 51.4 Å². The molecule has 0 aromatic rings. The van der Waals surface area contributed by atoms with E-state index in [0.717, 1.165) is 17.8 Å². The number of fused-ring (bicyclic) bond motifs is 3. The number of allylic oxidation sites excluding steroid dienone is 1. The van der Waals surface area contributed by atoms with Crippen LogP contribution in [-0.2, 0) is 0 Å². The molecule has 2 N–H and O–H groups in total. The van der Waals surface area contributed by atoms with E-state index in [0.29, 0.717) is 11.5 Å². The molecular weight excluding hydrogens is 230 g/mol. The second-order valence-electron chi connectivity index (χ2n) is 8.00. The van der Waals surface area contributed by atoms with E-state index in [1.54, 1.807) is 11.1 Å². The lowest BCUT2D eigenvalue weighted by molar-refractivity contribution is 0.0258. The van der Waals surface area contributed by atoms with Gasteiger partial charge in [0.2, 0.25) is 0 Å². The molecule has 3 aliphatic carbocycles. The molecule has 0 amide bonds. The summed E-state index contributed by atoms with van der Waals surface area (Å²) < 4.78 is 0. The summed E-state index contributed by atoms with van der Waals surface area (Å²) in [7, 11) is 0. The van der Waals surface area contributed by atoms with Crippen molar-refractivity contribution in [1.82, 2.24) is 0 Å². The Hall–Kier alpha value is -0.300. The Morgan fingerprint density at radius 3 is 2.74 bits per heavy atom. The monoisotopic (exact) mass is 261 g/mol. The van der Waals surface area contributed by atoms with Crippen molar-refractivity contribution < 1.29 is 0 Å². The quantitative estimate of drug-likeness (QED) is 0.630. The molecule has 2 fully saturated rings. The molecule has 108 valence electrons. The minimum absolute atomic E-state index is 0.382. The molecule has 5 unspecified atom stereocenters. The minimum Gasteiger partial charge on any atom is -0.324 e. The van der Waals surface area contributed by atoms with Gasteiger partial charge in [-0.3, -0.25) is 0 Å². The van der Waals surface area contributed by atoms with Gasteiger partial charge in [0.25, 0.3) is 0 Å². The lowest BCUT2D eigenvalue weighted by Crippen LogP contribution is -2.45. The lowest BCUT2D eigenvalue weighted by atomic mass is 9.55. The van der Waals surface area contributed by atoms with Gasteiger partial charge in [0, 0.05) is 6.04 Å². The van der Waals surface area contributed by atoms with Crippen molar-refractivity contribution in [3.8, 4) is 0 Å². The van der Waals surface area contributed by atoms with Gasteiger partial charge in [-0.1, -0.05) is 37.8 Å². The van der Waals surface area contributed by atoms with Gasteiger partial charge in [-0.05, 0) is 68.6 Å². The highest BCUT2D eigenvalue weighted by Gasteiger charge is 2.44. The topological polar surface area (TPSA) is 26.0 Å². The third-order valence-electron chi connectivity index (χ3n) is 6.86. The van der Waals surface area contributed by atoms with Crippen molar-refractivity contribution in [2.45, 2.75) is 78.2 Å². The van der Waals surface area contributed by atoms with Crippen molar-refractivity contribution in [3.63, 3.8) is 0 Å². The summed E-state index contributed by atoms with van der Waals surface area (Å²) in [6, 6.07) is 0.382. The first-order valence-corrected chi connectivity index (χ1v) is 8.45. The van der Waals surface area contributed by atoms with Crippen LogP contribution in [0, 0.1) is 23.2 Å². The fourth-order valence-electron chi connectivity index (χ4n) is 5.43. The summed E-state index contributed by atoms with van der Waals surface area (Å²) in [5, 5.41) is 0. The third kappa shape index (κ3) is 2.28. The summed E-state index contributed by atoms with van der Waals surface area (Å²) >= 11 is 0. The Kier molecular flexibility index (Phi) is 3.53. The molecular formula is C18H31N. The standard InChI is InChI=1S/C18H31N/c1-12-6-7-14-11-16-13(2)5-4-9-18(16,3)10-8-15(12)17(14)19/h13-14,16-17H,4-11,19H2,1-3H3. The molecule has 0 radical (unpaired) electrons. The zero-order valence-corrected chi connectivity index (χ0v) is 13.0. The SMILES string of the molecule is CC1=C2CCC3(C)CCCC(C)C3CC(CC1)C2N. The van der Waals surface area contributed by atoms with Gasteiger partial charge < -0.3 is 5.73 Å². The van der Waals surface area contributed by atoms with Crippen LogP contribution < -0.4 is 5.73 Å². The zero-order valence-electron chi connectivity index (χ0n) is 13.0. The molecule has 3 rings (SSSR count). The third-order valence-corrected chi connectivity index (χ3v) is 6.86. The molecule has 0 spiro atoms. The maximum Gasteiger partial charge on any atom is 0.0285 e. The Morgan fingerprint density at radius 1 is 1.16 bits per heavy atom. The Bertz CT molecular complexity index is 383. The van der Waals surface area contributed by atoms with Gasteiger partial charge in [-0.25, -0.2) is 0 Å². The highest BCUT2D eigenvalue weighted by Crippen LogP contribution is 2.53. The number of hydrogen-bond acceptors (Lipinski definition) is 1. The highest BCUT2D eigenvalue weighted by atomic mass is 14.7. The van der Waals surface area contributed by atoms with Gasteiger partial charge in [-0.15, -0.1) is 0 Å². The Morgan fingerprint density at radius 2 is 1.95 bits per heavy atom. The molecule has 0 aromatic heterocycles. The van der Waals surface area contributed by atoms with Gasteiger partial charge in [-0.2, -0.15) is 0 Å². The zero-order chi connectivity index (χ0) is 13.6. The van der Waals surface area contributed by atoms with Gasteiger partial charge in [0.05, 0.1) is 0 Å². The predicted molar refractivity (Wildman–Crippen MR) is 81.9 cm³/mol. The van der Waals surface area contributed by atoms with Crippen LogP contribution in [0.25, 0.3) is 0 Å². The fraction of sp³-hybridized carbons (Fsp3) is 0.889. The Balaban J connectivity index is 1.92. The van der Waals surface area contributed by atoms with E-state index in [2.05, 4.69) is 20.8 Å². The van der Waals surface area contributed by atoms with Crippen LogP contribution in [0.3, 0.4) is 0 Å². The second kappa shape index (κ2) is 4.91. The molecule has 5 atom stereocenters. The van der Waals surface area contributed by atoms with Crippen LogP contribution in [0.15, 0.2) is 11.1 Å². The summed E-state index contributed by atoms with van der Waals surface area (Å²) in [5.41, 5.74) is 10.4. The van der Waals surface area contributed by atoms with E-state index < -0.39 is 0 Å². The van der Waals surface area contributed by atoms with Crippen LogP contribution in [-0.4, -0.2) is 6.04 Å². The second-order valence-corrected chi connectivity index (χ2v) is 8.00. The summed E-state index contributed by atoms with van der Waals surface area (Å²) in [5.74, 6) is 2.61. The van der Waals surface area contributed by atoms with Gasteiger partial charge >= 0.3 is 0 Å².